The molecule has 0 aromatic carbocycles. The maximum atomic E-state index is 8.97. The summed E-state index contributed by atoms with van der Waals surface area (Å²) in [5.41, 5.74) is 1.85. The molecule has 3 nitrogen and oxygen atoms in total. The molecule has 1 rings (SSSR count). The third-order valence-corrected chi connectivity index (χ3v) is 1.92. The summed E-state index contributed by atoms with van der Waals surface area (Å²) in [6.45, 7) is 6.27. The van der Waals surface area contributed by atoms with Crippen LogP contribution in [0.4, 0.5) is 0 Å². The van der Waals surface area contributed by atoms with Gasteiger partial charge in [0, 0.05) is 5.92 Å². The van der Waals surface area contributed by atoms with Gasteiger partial charge in [0.15, 0.2) is 0 Å². The molecule has 0 saturated heterocycles. The van der Waals surface area contributed by atoms with Crippen molar-refractivity contribution in [2.75, 3.05) is 0 Å². The van der Waals surface area contributed by atoms with Crippen LogP contribution in [-0.2, 0) is 13.0 Å². The Morgan fingerprint density at radius 1 is 1.50 bits per heavy atom. The molecule has 68 valence electrons. The molecule has 0 saturated carbocycles. The quantitative estimate of drug-likeness (QED) is 0.720. The van der Waals surface area contributed by atoms with Gasteiger partial charge in [0.2, 0.25) is 0 Å². The number of hydrogen-bond acceptors (Lipinski definition) is 2. The summed E-state index contributed by atoms with van der Waals surface area (Å²) < 4.78 is 0. The highest BCUT2D eigenvalue weighted by Gasteiger charge is 2.09. The Balaban J connectivity index is 2.97. The van der Waals surface area contributed by atoms with Crippen molar-refractivity contribution in [3.05, 3.63) is 17.2 Å². The molecule has 0 radical (unpaired) electrons. The molecule has 0 atom stereocenters. The van der Waals surface area contributed by atoms with Crippen molar-refractivity contribution < 1.29 is 5.11 Å². The number of H-pyrrole nitrogens is 1. The molecule has 12 heavy (non-hydrogen) atoms. The molecule has 1 aromatic rings. The Kier molecular flexibility index (Phi) is 2.87. The van der Waals surface area contributed by atoms with E-state index in [1.54, 1.807) is 0 Å². The molecule has 3 heteroatoms. The van der Waals surface area contributed by atoms with E-state index < -0.39 is 0 Å². The minimum absolute atomic E-state index is 0.0584. The summed E-state index contributed by atoms with van der Waals surface area (Å²) in [5, 5.41) is 8.97. The van der Waals surface area contributed by atoms with Gasteiger partial charge in [-0.05, 0) is 6.42 Å². The van der Waals surface area contributed by atoms with E-state index in [0.717, 1.165) is 23.6 Å². The fourth-order valence-electron chi connectivity index (χ4n) is 1.16. The van der Waals surface area contributed by atoms with Gasteiger partial charge < -0.3 is 10.1 Å². The number of nitrogens with one attached hydrogen (secondary N) is 1. The van der Waals surface area contributed by atoms with Gasteiger partial charge in [-0.2, -0.15) is 0 Å². The topological polar surface area (TPSA) is 48.9 Å². The Labute approximate surface area is 72.8 Å². The van der Waals surface area contributed by atoms with Crippen molar-refractivity contribution >= 4 is 0 Å². The highest BCUT2D eigenvalue weighted by molar-refractivity contribution is 5.15. The first-order chi connectivity index (χ1) is 5.69. The van der Waals surface area contributed by atoms with Crippen molar-refractivity contribution in [3.8, 4) is 0 Å². The first-order valence-electron chi connectivity index (χ1n) is 4.37. The molecular formula is C9H16N2O. The number of imidazole rings is 1. The lowest BCUT2D eigenvalue weighted by Gasteiger charge is -1.96. The Hall–Kier alpha value is -0.830. The monoisotopic (exact) mass is 168 g/mol. The SMILES string of the molecule is CCc1nc(C(C)C)[nH]c1CO. The van der Waals surface area contributed by atoms with E-state index in [9.17, 15) is 0 Å². The van der Waals surface area contributed by atoms with Crippen LogP contribution in [0.15, 0.2) is 0 Å². The van der Waals surface area contributed by atoms with Crippen molar-refractivity contribution in [3.63, 3.8) is 0 Å². The number of aliphatic hydroxyl groups is 1. The molecule has 0 amide bonds. The van der Waals surface area contributed by atoms with Gasteiger partial charge in [-0.15, -0.1) is 0 Å². The largest absolute Gasteiger partial charge is 0.390 e. The third-order valence-electron chi connectivity index (χ3n) is 1.92. The molecular weight excluding hydrogens is 152 g/mol. The Bertz CT molecular complexity index is 232. The highest BCUT2D eigenvalue weighted by Crippen LogP contribution is 2.14. The maximum Gasteiger partial charge on any atom is 0.109 e. The summed E-state index contributed by atoms with van der Waals surface area (Å²) in [4.78, 5) is 7.50. The number of aromatic amines is 1. The lowest BCUT2D eigenvalue weighted by Crippen LogP contribution is -1.90. The third kappa shape index (κ3) is 1.67. The zero-order valence-corrected chi connectivity index (χ0v) is 7.89. The van der Waals surface area contributed by atoms with Crippen LogP contribution in [0.1, 0.15) is 43.9 Å². The fraction of sp³-hybridized carbons (Fsp3) is 0.667. The first kappa shape index (κ1) is 9.26. The predicted molar refractivity (Wildman–Crippen MR) is 48.0 cm³/mol. The van der Waals surface area contributed by atoms with Gasteiger partial charge in [0.1, 0.15) is 5.82 Å². The van der Waals surface area contributed by atoms with E-state index in [1.165, 1.54) is 0 Å². The normalized spacial score (nSPS) is 11.1. The molecule has 0 unspecified atom stereocenters. The van der Waals surface area contributed by atoms with Crippen molar-refractivity contribution in [1.29, 1.82) is 0 Å². The van der Waals surface area contributed by atoms with Crippen LogP contribution in [0.5, 0.6) is 0 Å². The van der Waals surface area contributed by atoms with E-state index in [0.29, 0.717) is 5.92 Å². The van der Waals surface area contributed by atoms with Gasteiger partial charge >= 0.3 is 0 Å². The molecule has 2 N–H and O–H groups in total. The summed E-state index contributed by atoms with van der Waals surface area (Å²) in [5.74, 6) is 1.37. The highest BCUT2D eigenvalue weighted by atomic mass is 16.3. The number of nitrogens with zero attached hydrogens (tertiary/aromatic N) is 1. The summed E-state index contributed by atoms with van der Waals surface area (Å²) in [6.07, 6.45) is 0.874. The summed E-state index contributed by atoms with van der Waals surface area (Å²) in [6, 6.07) is 0. The van der Waals surface area contributed by atoms with E-state index in [2.05, 4.69) is 23.8 Å². The molecule has 0 spiro atoms. The van der Waals surface area contributed by atoms with Crippen LogP contribution < -0.4 is 0 Å². The summed E-state index contributed by atoms with van der Waals surface area (Å²) in [7, 11) is 0. The van der Waals surface area contributed by atoms with Crippen LogP contribution in [0, 0.1) is 0 Å². The van der Waals surface area contributed by atoms with Crippen LogP contribution in [-0.4, -0.2) is 15.1 Å². The molecule has 0 aliphatic carbocycles. The Morgan fingerprint density at radius 2 is 2.17 bits per heavy atom. The van der Waals surface area contributed by atoms with E-state index in [1.807, 2.05) is 6.92 Å². The number of rotatable bonds is 3. The van der Waals surface area contributed by atoms with Gasteiger partial charge in [-0.3, -0.25) is 0 Å². The van der Waals surface area contributed by atoms with Crippen molar-refractivity contribution in [2.45, 2.75) is 39.7 Å². The summed E-state index contributed by atoms with van der Waals surface area (Å²) >= 11 is 0. The molecule has 1 heterocycles. The Morgan fingerprint density at radius 3 is 2.50 bits per heavy atom. The van der Waals surface area contributed by atoms with Crippen LogP contribution >= 0.6 is 0 Å². The van der Waals surface area contributed by atoms with Gasteiger partial charge in [0.25, 0.3) is 0 Å². The lowest BCUT2D eigenvalue weighted by atomic mass is 10.2. The first-order valence-corrected chi connectivity index (χ1v) is 4.37. The van der Waals surface area contributed by atoms with E-state index >= 15 is 0 Å². The zero-order chi connectivity index (χ0) is 9.14. The number of aromatic nitrogens is 2. The second-order valence-corrected chi connectivity index (χ2v) is 3.21. The molecule has 0 bridgehead atoms. The zero-order valence-electron chi connectivity index (χ0n) is 7.89. The fourth-order valence-corrected chi connectivity index (χ4v) is 1.16. The standard InChI is InChI=1S/C9H16N2O/c1-4-7-8(5-12)11-9(10-7)6(2)3/h6,12H,4-5H2,1-3H3,(H,10,11). The van der Waals surface area contributed by atoms with Gasteiger partial charge in [0.05, 0.1) is 18.0 Å². The lowest BCUT2D eigenvalue weighted by molar-refractivity contribution is 0.276. The second kappa shape index (κ2) is 3.72. The second-order valence-electron chi connectivity index (χ2n) is 3.21. The van der Waals surface area contributed by atoms with Crippen LogP contribution in [0.2, 0.25) is 0 Å². The maximum absolute atomic E-state index is 8.97. The van der Waals surface area contributed by atoms with Gasteiger partial charge in [-0.25, -0.2) is 4.98 Å². The van der Waals surface area contributed by atoms with Gasteiger partial charge in [-0.1, -0.05) is 20.8 Å². The molecule has 0 aliphatic rings. The van der Waals surface area contributed by atoms with Crippen LogP contribution in [0.25, 0.3) is 0 Å². The average Bonchev–Trinajstić information content (AvgIpc) is 2.46. The minimum Gasteiger partial charge on any atom is -0.390 e. The molecule has 0 fully saturated rings. The molecule has 0 aliphatic heterocycles. The number of aryl methyl sites for hydroxylation is 1. The van der Waals surface area contributed by atoms with E-state index in [-0.39, 0.29) is 6.61 Å². The number of hydrogen-bond donors (Lipinski definition) is 2. The van der Waals surface area contributed by atoms with Crippen LogP contribution in [0.3, 0.4) is 0 Å². The molecule has 1 aromatic heterocycles. The van der Waals surface area contributed by atoms with E-state index in [4.69, 9.17) is 5.11 Å². The van der Waals surface area contributed by atoms with Crippen molar-refractivity contribution in [1.82, 2.24) is 9.97 Å². The number of aliphatic hydroxyl groups excluding tert-OH is 1. The predicted octanol–water partition coefficient (Wildman–Crippen LogP) is 1.59. The van der Waals surface area contributed by atoms with Crippen molar-refractivity contribution in [2.24, 2.45) is 0 Å². The average molecular weight is 168 g/mol. The minimum atomic E-state index is 0.0584. The smallest absolute Gasteiger partial charge is 0.109 e.